The fourth-order valence-electron chi connectivity index (χ4n) is 3.14. The first-order valence-corrected chi connectivity index (χ1v) is 7.25. The molecule has 0 aromatic heterocycles. The largest absolute Gasteiger partial charge is 0.203 e. The topological polar surface area (TPSA) is 0 Å². The van der Waals surface area contributed by atoms with E-state index in [-0.39, 0.29) is 5.92 Å². The van der Waals surface area contributed by atoms with Crippen molar-refractivity contribution in [2.45, 2.75) is 51.4 Å². The Morgan fingerprint density at radius 2 is 1.84 bits per heavy atom. The summed E-state index contributed by atoms with van der Waals surface area (Å²) in [6, 6.07) is 3.53. The van der Waals surface area contributed by atoms with Gasteiger partial charge in [0.15, 0.2) is 11.6 Å². The lowest BCUT2D eigenvalue weighted by Crippen LogP contribution is -2.14. The zero-order valence-electron chi connectivity index (χ0n) is 11.6. The quantitative estimate of drug-likeness (QED) is 0.641. The van der Waals surface area contributed by atoms with E-state index in [9.17, 15) is 8.78 Å². The van der Waals surface area contributed by atoms with Crippen LogP contribution in [0.2, 0.25) is 0 Å². The monoisotopic (exact) mass is 264 g/mol. The Labute approximate surface area is 114 Å². The molecule has 0 radical (unpaired) electrons. The average Bonchev–Trinajstić information content (AvgIpc) is 2.43. The predicted octanol–water partition coefficient (Wildman–Crippen LogP) is 5.38. The van der Waals surface area contributed by atoms with Crippen molar-refractivity contribution in [3.8, 4) is 0 Å². The summed E-state index contributed by atoms with van der Waals surface area (Å²) in [4.78, 5) is 0. The van der Waals surface area contributed by atoms with Crippen molar-refractivity contribution in [2.75, 3.05) is 0 Å². The minimum absolute atomic E-state index is 0.182. The Hall–Kier alpha value is -1.18. The predicted molar refractivity (Wildman–Crippen MR) is 75.2 cm³/mol. The first-order chi connectivity index (χ1) is 9.17. The minimum Gasteiger partial charge on any atom is -0.203 e. The van der Waals surface area contributed by atoms with Gasteiger partial charge >= 0.3 is 0 Å². The van der Waals surface area contributed by atoms with E-state index in [0.717, 1.165) is 32.1 Å². The van der Waals surface area contributed by atoms with Crippen molar-refractivity contribution in [2.24, 2.45) is 5.92 Å². The lowest BCUT2D eigenvalue weighted by Gasteiger charge is -2.28. The number of rotatable bonds is 4. The van der Waals surface area contributed by atoms with E-state index in [1.54, 1.807) is 12.1 Å². The summed E-state index contributed by atoms with van der Waals surface area (Å²) in [6.45, 7) is 5.61. The van der Waals surface area contributed by atoms with Crippen LogP contribution in [0.1, 0.15) is 56.1 Å². The second-order valence-electron chi connectivity index (χ2n) is 5.54. The highest BCUT2D eigenvalue weighted by molar-refractivity contribution is 5.29. The maximum Gasteiger partial charge on any atom is 0.162 e. The fraction of sp³-hybridized carbons (Fsp3) is 0.529. The van der Waals surface area contributed by atoms with Crippen molar-refractivity contribution in [3.05, 3.63) is 47.5 Å². The molecule has 0 N–H and O–H groups in total. The van der Waals surface area contributed by atoms with Crippen LogP contribution in [0.25, 0.3) is 0 Å². The van der Waals surface area contributed by atoms with Gasteiger partial charge in [-0.05, 0) is 61.5 Å². The van der Waals surface area contributed by atoms with E-state index in [0.29, 0.717) is 23.5 Å². The van der Waals surface area contributed by atoms with Gasteiger partial charge < -0.3 is 0 Å². The molecular formula is C17H22F2. The van der Waals surface area contributed by atoms with Gasteiger partial charge in [0, 0.05) is 0 Å². The molecule has 1 aromatic rings. The van der Waals surface area contributed by atoms with Crippen molar-refractivity contribution in [3.63, 3.8) is 0 Å². The molecule has 2 heteroatoms. The zero-order valence-corrected chi connectivity index (χ0v) is 11.6. The number of aryl methyl sites for hydroxylation is 1. The average molecular weight is 264 g/mol. The van der Waals surface area contributed by atoms with Crippen molar-refractivity contribution in [1.82, 2.24) is 0 Å². The lowest BCUT2D eigenvalue weighted by molar-refractivity contribution is 0.321. The van der Waals surface area contributed by atoms with E-state index in [4.69, 9.17) is 0 Å². The molecule has 0 bridgehead atoms. The highest BCUT2D eigenvalue weighted by atomic mass is 19.2. The van der Waals surface area contributed by atoms with Crippen LogP contribution in [0, 0.1) is 17.6 Å². The van der Waals surface area contributed by atoms with Crippen LogP contribution in [0.15, 0.2) is 24.8 Å². The Morgan fingerprint density at radius 3 is 2.42 bits per heavy atom. The third-order valence-corrected chi connectivity index (χ3v) is 4.36. The Kier molecular flexibility index (Phi) is 4.73. The van der Waals surface area contributed by atoms with Crippen LogP contribution in [0.5, 0.6) is 0 Å². The number of halogens is 2. The summed E-state index contributed by atoms with van der Waals surface area (Å²) in [5, 5.41) is 0. The number of hydrogen-bond acceptors (Lipinski definition) is 0. The second-order valence-corrected chi connectivity index (χ2v) is 5.54. The summed E-state index contributed by atoms with van der Waals surface area (Å²) in [6.07, 6.45) is 7.63. The summed E-state index contributed by atoms with van der Waals surface area (Å²) >= 11 is 0. The van der Waals surface area contributed by atoms with Gasteiger partial charge in [-0.15, -0.1) is 6.58 Å². The van der Waals surface area contributed by atoms with E-state index >= 15 is 0 Å². The molecule has 0 heterocycles. The smallest absolute Gasteiger partial charge is 0.162 e. The highest BCUT2D eigenvalue weighted by Crippen LogP contribution is 2.38. The Balaban J connectivity index is 2.11. The fourth-order valence-corrected chi connectivity index (χ4v) is 3.14. The van der Waals surface area contributed by atoms with Crippen LogP contribution in [0.4, 0.5) is 8.78 Å². The number of allylic oxidation sites excluding steroid dienone is 1. The highest BCUT2D eigenvalue weighted by Gasteiger charge is 2.25. The third kappa shape index (κ3) is 3.05. The molecule has 1 saturated carbocycles. The van der Waals surface area contributed by atoms with E-state index in [1.165, 1.54) is 0 Å². The third-order valence-electron chi connectivity index (χ3n) is 4.36. The normalized spacial score (nSPS) is 23.3. The standard InChI is InChI=1S/C17H22F2/c1-3-5-12-6-8-14(9-7-12)15-11-10-13(4-2)16(18)17(15)19/h3,10-12,14H,1,4-9H2,2H3. The summed E-state index contributed by atoms with van der Waals surface area (Å²) in [5.74, 6) is -0.405. The molecule has 0 amide bonds. The molecular weight excluding hydrogens is 242 g/mol. The maximum absolute atomic E-state index is 14.1. The minimum atomic E-state index is -0.645. The first kappa shape index (κ1) is 14.2. The van der Waals surface area contributed by atoms with Crippen molar-refractivity contribution >= 4 is 0 Å². The molecule has 0 spiro atoms. The first-order valence-electron chi connectivity index (χ1n) is 7.25. The Bertz CT molecular complexity index is 443. The summed E-state index contributed by atoms with van der Waals surface area (Å²) < 4.78 is 27.9. The molecule has 0 unspecified atom stereocenters. The molecule has 2 rings (SSSR count). The van der Waals surface area contributed by atoms with Gasteiger partial charge in [-0.1, -0.05) is 25.1 Å². The van der Waals surface area contributed by atoms with Crippen molar-refractivity contribution < 1.29 is 8.78 Å². The van der Waals surface area contributed by atoms with Crippen LogP contribution in [-0.2, 0) is 6.42 Å². The van der Waals surface area contributed by atoms with Crippen LogP contribution >= 0.6 is 0 Å². The number of benzene rings is 1. The zero-order chi connectivity index (χ0) is 13.8. The van der Waals surface area contributed by atoms with E-state index in [1.807, 2.05) is 13.0 Å². The summed E-state index contributed by atoms with van der Waals surface area (Å²) in [7, 11) is 0. The van der Waals surface area contributed by atoms with Gasteiger partial charge in [0.25, 0.3) is 0 Å². The molecule has 1 fully saturated rings. The number of hydrogen-bond donors (Lipinski definition) is 0. The van der Waals surface area contributed by atoms with Crippen LogP contribution in [0.3, 0.4) is 0 Å². The molecule has 104 valence electrons. The maximum atomic E-state index is 14.1. The SMILES string of the molecule is C=CCC1CCC(c2ccc(CC)c(F)c2F)CC1. The van der Waals surface area contributed by atoms with E-state index in [2.05, 4.69) is 6.58 Å². The van der Waals surface area contributed by atoms with Gasteiger partial charge in [-0.2, -0.15) is 0 Å². The molecule has 1 aliphatic rings. The molecule has 0 nitrogen and oxygen atoms in total. The van der Waals surface area contributed by atoms with Crippen molar-refractivity contribution in [1.29, 1.82) is 0 Å². The lowest BCUT2D eigenvalue weighted by atomic mass is 9.77. The molecule has 0 aliphatic heterocycles. The summed E-state index contributed by atoms with van der Waals surface area (Å²) in [5.41, 5.74) is 1.05. The second kappa shape index (κ2) is 6.31. The Morgan fingerprint density at radius 1 is 1.16 bits per heavy atom. The van der Waals surface area contributed by atoms with E-state index < -0.39 is 11.6 Å². The molecule has 1 aromatic carbocycles. The molecule has 1 aliphatic carbocycles. The molecule has 19 heavy (non-hydrogen) atoms. The van der Waals surface area contributed by atoms with Crippen LogP contribution in [-0.4, -0.2) is 0 Å². The molecule has 0 atom stereocenters. The molecule has 0 saturated heterocycles. The van der Waals surface area contributed by atoms with Gasteiger partial charge in [0.2, 0.25) is 0 Å². The van der Waals surface area contributed by atoms with Gasteiger partial charge in [-0.3, -0.25) is 0 Å². The van der Waals surface area contributed by atoms with Crippen LogP contribution < -0.4 is 0 Å². The van der Waals surface area contributed by atoms with Gasteiger partial charge in [0.05, 0.1) is 0 Å². The van der Waals surface area contributed by atoms with Gasteiger partial charge in [0.1, 0.15) is 0 Å². The van der Waals surface area contributed by atoms with Gasteiger partial charge in [-0.25, -0.2) is 8.78 Å².